The average molecular weight is 431 g/mol. The van der Waals surface area contributed by atoms with Gasteiger partial charge in [0.25, 0.3) is 0 Å². The molecule has 0 aliphatic rings. The van der Waals surface area contributed by atoms with Crippen LogP contribution in [0.3, 0.4) is 0 Å². The van der Waals surface area contributed by atoms with Crippen LogP contribution in [0, 0.1) is 0 Å². The summed E-state index contributed by atoms with van der Waals surface area (Å²) in [7, 11) is -2.35. The second kappa shape index (κ2) is 7.62. The van der Waals surface area contributed by atoms with Gasteiger partial charge in [0.2, 0.25) is 9.84 Å². The zero-order valence-corrected chi connectivity index (χ0v) is 17.2. The van der Waals surface area contributed by atoms with Gasteiger partial charge in [0.1, 0.15) is 16.2 Å². The van der Waals surface area contributed by atoms with Crippen LogP contribution in [0.4, 0.5) is 5.82 Å². The van der Waals surface area contributed by atoms with Gasteiger partial charge in [-0.1, -0.05) is 29.8 Å². The molecule has 0 aliphatic carbocycles. The van der Waals surface area contributed by atoms with Gasteiger partial charge >= 0.3 is 0 Å². The van der Waals surface area contributed by atoms with E-state index in [1.807, 2.05) is 18.2 Å². The van der Waals surface area contributed by atoms with E-state index < -0.39 is 9.84 Å². The zero-order valence-electron chi connectivity index (χ0n) is 15.7. The second-order valence-electron chi connectivity index (χ2n) is 6.56. The fourth-order valence-corrected chi connectivity index (χ4v) is 5.11. The number of hydrogen-bond acceptors (Lipinski definition) is 6. The molecule has 4 aromatic rings. The number of anilines is 1. The van der Waals surface area contributed by atoms with Gasteiger partial charge < -0.3 is 15.0 Å². The second-order valence-corrected chi connectivity index (χ2v) is 8.88. The molecule has 2 heterocycles. The van der Waals surface area contributed by atoms with Gasteiger partial charge in [0.05, 0.1) is 15.9 Å². The Balaban J connectivity index is 2.02. The number of halogens is 1. The van der Waals surface area contributed by atoms with E-state index in [0.29, 0.717) is 41.3 Å². The quantitative estimate of drug-likeness (QED) is 0.468. The molecular formula is C20H19ClN4O3S. The number of hydrogen-bond donors (Lipinski definition) is 1. The number of rotatable bonds is 6. The summed E-state index contributed by atoms with van der Waals surface area (Å²) < 4.78 is 33.7. The largest absolute Gasteiger partial charge is 0.385 e. The van der Waals surface area contributed by atoms with Crippen LogP contribution in [0.1, 0.15) is 6.42 Å². The van der Waals surface area contributed by atoms with Crippen molar-refractivity contribution in [2.45, 2.75) is 22.8 Å². The van der Waals surface area contributed by atoms with E-state index in [-0.39, 0.29) is 21.1 Å². The smallest absolute Gasteiger partial charge is 0.212 e. The van der Waals surface area contributed by atoms with E-state index in [9.17, 15) is 8.42 Å². The molecule has 9 heteroatoms. The summed E-state index contributed by atoms with van der Waals surface area (Å²) in [6.45, 7) is 0.963. The molecule has 0 unspecified atom stereocenters. The molecule has 0 spiro atoms. The molecule has 0 saturated heterocycles. The van der Waals surface area contributed by atoms with Crippen LogP contribution in [0.15, 0.2) is 58.3 Å². The summed E-state index contributed by atoms with van der Waals surface area (Å²) in [6, 6.07) is 13.4. The molecule has 7 nitrogen and oxygen atoms in total. The van der Waals surface area contributed by atoms with Crippen molar-refractivity contribution in [3.8, 4) is 0 Å². The Kier molecular flexibility index (Phi) is 5.16. The maximum atomic E-state index is 13.5. The highest BCUT2D eigenvalue weighted by Gasteiger charge is 2.30. The van der Waals surface area contributed by atoms with E-state index >= 15 is 0 Å². The van der Waals surface area contributed by atoms with Crippen LogP contribution in [0.25, 0.3) is 22.2 Å². The lowest BCUT2D eigenvalue weighted by Gasteiger charge is -2.08. The molecule has 4 rings (SSSR count). The third-order valence-electron chi connectivity index (χ3n) is 4.65. The van der Waals surface area contributed by atoms with Gasteiger partial charge in [0.15, 0.2) is 5.65 Å². The number of fused-ring (bicyclic) bond motifs is 2. The number of benzene rings is 2. The standard InChI is InChI=1S/C20H19ClN4O3S/c1-28-11-5-10-25-19(22)18(29(26,27)14-7-4-6-13(21)12-14)17-20(25)24-16-9-3-2-8-15(16)23-17/h2-4,6-9,12H,5,10-11,22H2,1H3. The summed E-state index contributed by atoms with van der Waals surface area (Å²) in [5.41, 5.74) is 8.29. The molecule has 0 bridgehead atoms. The van der Waals surface area contributed by atoms with Crippen molar-refractivity contribution in [2.24, 2.45) is 0 Å². The monoisotopic (exact) mass is 430 g/mol. The van der Waals surface area contributed by atoms with Crippen molar-refractivity contribution >= 4 is 49.5 Å². The van der Waals surface area contributed by atoms with E-state index in [0.717, 1.165) is 0 Å². The van der Waals surface area contributed by atoms with Crippen molar-refractivity contribution in [3.63, 3.8) is 0 Å². The maximum absolute atomic E-state index is 13.5. The van der Waals surface area contributed by atoms with Gasteiger partial charge in [-0.25, -0.2) is 18.4 Å². The molecule has 2 aromatic carbocycles. The average Bonchev–Trinajstić information content (AvgIpc) is 2.97. The molecule has 0 radical (unpaired) electrons. The molecule has 2 N–H and O–H groups in total. The van der Waals surface area contributed by atoms with Gasteiger partial charge in [-0.05, 0) is 36.8 Å². The Morgan fingerprint density at radius 2 is 1.83 bits per heavy atom. The number of sulfone groups is 1. The number of nitrogen functional groups attached to an aromatic ring is 1. The predicted octanol–water partition coefficient (Wildman–Crippen LogP) is 3.69. The van der Waals surface area contributed by atoms with Crippen LogP contribution in [0.2, 0.25) is 5.02 Å². The molecule has 29 heavy (non-hydrogen) atoms. The highest BCUT2D eigenvalue weighted by atomic mass is 35.5. The first-order valence-corrected chi connectivity index (χ1v) is 10.8. The molecular weight excluding hydrogens is 412 g/mol. The SMILES string of the molecule is COCCCn1c(N)c(S(=O)(=O)c2cccc(Cl)c2)c2nc3ccccc3nc21. The first-order valence-electron chi connectivity index (χ1n) is 8.97. The fraction of sp³-hybridized carbons (Fsp3) is 0.200. The topological polar surface area (TPSA) is 100 Å². The maximum Gasteiger partial charge on any atom is 0.212 e. The first-order chi connectivity index (χ1) is 13.9. The van der Waals surface area contributed by atoms with E-state index in [2.05, 4.69) is 9.97 Å². The fourth-order valence-electron chi connectivity index (χ4n) is 3.30. The molecule has 2 aromatic heterocycles. The minimum Gasteiger partial charge on any atom is -0.385 e. The Labute approximate surface area is 173 Å². The van der Waals surface area contributed by atoms with Gasteiger partial charge in [0, 0.05) is 25.3 Å². The third kappa shape index (κ3) is 3.43. The summed E-state index contributed by atoms with van der Waals surface area (Å²) >= 11 is 6.02. The number of aromatic nitrogens is 3. The Morgan fingerprint density at radius 1 is 1.10 bits per heavy atom. The van der Waals surface area contributed by atoms with Gasteiger partial charge in [-0.3, -0.25) is 0 Å². The van der Waals surface area contributed by atoms with E-state index in [4.69, 9.17) is 22.1 Å². The van der Waals surface area contributed by atoms with Gasteiger partial charge in [-0.15, -0.1) is 0 Å². The Morgan fingerprint density at radius 3 is 2.52 bits per heavy atom. The number of ether oxygens (including phenoxy) is 1. The van der Waals surface area contributed by atoms with Crippen molar-refractivity contribution in [3.05, 3.63) is 53.6 Å². The third-order valence-corrected chi connectivity index (χ3v) is 6.70. The summed E-state index contributed by atoms with van der Waals surface area (Å²) in [4.78, 5) is 9.25. The lowest BCUT2D eigenvalue weighted by molar-refractivity contribution is 0.191. The van der Waals surface area contributed by atoms with Crippen LogP contribution in [0.5, 0.6) is 0 Å². The summed E-state index contributed by atoms with van der Waals surface area (Å²) in [5.74, 6) is 0.103. The number of nitrogens with zero attached hydrogens (tertiary/aromatic N) is 3. The minimum atomic E-state index is -3.96. The number of nitrogens with two attached hydrogens (primary N) is 1. The first kappa shape index (κ1) is 19.6. The number of methoxy groups -OCH3 is 1. The van der Waals surface area contributed by atoms with Crippen molar-refractivity contribution < 1.29 is 13.2 Å². The molecule has 150 valence electrons. The van der Waals surface area contributed by atoms with E-state index in [1.54, 1.807) is 29.9 Å². The molecule has 0 fully saturated rings. The van der Waals surface area contributed by atoms with Crippen LogP contribution in [-0.2, 0) is 21.1 Å². The van der Waals surface area contributed by atoms with E-state index in [1.165, 1.54) is 12.1 Å². The summed E-state index contributed by atoms with van der Waals surface area (Å²) in [6.07, 6.45) is 0.648. The zero-order chi connectivity index (χ0) is 20.6. The lowest BCUT2D eigenvalue weighted by Crippen LogP contribution is -2.09. The van der Waals surface area contributed by atoms with Crippen LogP contribution in [-0.4, -0.2) is 36.7 Å². The lowest BCUT2D eigenvalue weighted by atomic mass is 10.3. The Bertz CT molecular complexity index is 1320. The predicted molar refractivity (Wildman–Crippen MR) is 113 cm³/mol. The summed E-state index contributed by atoms with van der Waals surface area (Å²) in [5, 5.41) is 0.324. The normalized spacial score (nSPS) is 12.1. The van der Waals surface area contributed by atoms with Crippen molar-refractivity contribution in [1.29, 1.82) is 0 Å². The van der Waals surface area contributed by atoms with Crippen molar-refractivity contribution in [1.82, 2.24) is 14.5 Å². The Hall–Kier alpha value is -2.68. The number of aryl methyl sites for hydroxylation is 1. The molecule has 0 saturated carbocycles. The molecule has 0 amide bonds. The van der Waals surface area contributed by atoms with Crippen molar-refractivity contribution in [2.75, 3.05) is 19.5 Å². The minimum absolute atomic E-state index is 0.0505. The highest BCUT2D eigenvalue weighted by Crippen LogP contribution is 2.35. The molecule has 0 atom stereocenters. The van der Waals surface area contributed by atoms with Crippen LogP contribution < -0.4 is 5.73 Å². The number of para-hydroxylation sites is 2. The molecule has 0 aliphatic heterocycles. The highest BCUT2D eigenvalue weighted by molar-refractivity contribution is 7.92. The van der Waals surface area contributed by atoms with Gasteiger partial charge in [-0.2, -0.15) is 0 Å². The van der Waals surface area contributed by atoms with Crippen LogP contribution >= 0.6 is 11.6 Å².